The smallest absolute Gasteiger partial charge is 0.345 e. The van der Waals surface area contributed by atoms with Gasteiger partial charge in [-0.1, -0.05) is 30.3 Å². The second-order valence-corrected chi connectivity index (χ2v) is 7.68. The normalized spacial score (nSPS) is 12.3. The van der Waals surface area contributed by atoms with Crippen LogP contribution in [0.5, 0.6) is 0 Å². The maximum Gasteiger partial charge on any atom is 0.345 e. The minimum atomic E-state index is -3.84. The Bertz CT molecular complexity index is 1180. The maximum atomic E-state index is 12.5. The van der Waals surface area contributed by atoms with Gasteiger partial charge in [-0.05, 0) is 50.1 Å². The Balaban J connectivity index is 1.97. The quantitative estimate of drug-likeness (QED) is 0.434. The molecule has 26 heavy (non-hydrogen) atoms. The lowest BCUT2D eigenvalue weighted by molar-refractivity contribution is 0.559. The van der Waals surface area contributed by atoms with E-state index in [9.17, 15) is 13.2 Å². The van der Waals surface area contributed by atoms with Crippen LogP contribution in [0.3, 0.4) is 0 Å². The monoisotopic (exact) mass is 370 g/mol. The predicted octanol–water partition coefficient (Wildman–Crippen LogP) is 3.11. The zero-order valence-corrected chi connectivity index (χ0v) is 15.4. The van der Waals surface area contributed by atoms with Crippen LogP contribution in [0.2, 0.25) is 0 Å². The third-order valence-corrected chi connectivity index (χ3v) is 5.35. The summed E-state index contributed by atoms with van der Waals surface area (Å²) in [6.45, 7) is 5.07. The first kappa shape index (κ1) is 17.9. The first-order valence-corrected chi connectivity index (χ1v) is 9.43. The lowest BCUT2D eigenvalue weighted by atomic mass is 10.1. The van der Waals surface area contributed by atoms with E-state index >= 15 is 0 Å². The molecule has 0 aliphatic carbocycles. The minimum Gasteiger partial charge on any atom is -0.422 e. The van der Waals surface area contributed by atoms with E-state index in [2.05, 4.69) is 9.93 Å². The van der Waals surface area contributed by atoms with Crippen molar-refractivity contribution in [3.05, 3.63) is 75.6 Å². The van der Waals surface area contributed by atoms with E-state index < -0.39 is 15.6 Å². The van der Waals surface area contributed by atoms with Crippen LogP contribution < -0.4 is 10.5 Å². The van der Waals surface area contributed by atoms with Crippen LogP contribution in [0.15, 0.2) is 67.7 Å². The highest BCUT2D eigenvalue weighted by atomic mass is 32.2. The molecule has 0 bridgehead atoms. The van der Waals surface area contributed by atoms with Crippen molar-refractivity contribution < 1.29 is 12.8 Å². The second-order valence-electron chi connectivity index (χ2n) is 6.05. The number of benzene rings is 2. The van der Waals surface area contributed by atoms with E-state index in [1.165, 1.54) is 0 Å². The predicted molar refractivity (Wildman–Crippen MR) is 101 cm³/mol. The molecule has 7 heteroatoms. The Morgan fingerprint density at radius 1 is 1.08 bits per heavy atom. The summed E-state index contributed by atoms with van der Waals surface area (Å²) in [4.78, 5) is 14.5. The molecule has 6 nitrogen and oxygen atoms in total. The lowest BCUT2D eigenvalue weighted by Gasteiger charge is -2.09. The van der Waals surface area contributed by atoms with Gasteiger partial charge >= 0.3 is 5.63 Å². The molecule has 0 spiro atoms. The summed E-state index contributed by atoms with van der Waals surface area (Å²) in [6, 6.07) is 13.9. The second kappa shape index (κ2) is 6.76. The van der Waals surface area contributed by atoms with Crippen molar-refractivity contribution in [2.75, 3.05) is 0 Å². The van der Waals surface area contributed by atoms with Crippen molar-refractivity contribution in [3.63, 3.8) is 0 Å². The van der Waals surface area contributed by atoms with Crippen LogP contribution in [0.4, 0.5) is 0 Å². The number of fused-ring (bicyclic) bond motifs is 1. The van der Waals surface area contributed by atoms with E-state index in [4.69, 9.17) is 4.42 Å². The Kier molecular flexibility index (Phi) is 4.65. The largest absolute Gasteiger partial charge is 0.422 e. The standard InChI is InChI=1S/C19H18N2O4S/c1-12-8-9-13(2)18(10-12)26(23,24)21-20-14(3)16-11-15-6-4-5-7-17(15)25-19(16)22/h4-11,21H,1-3H3/b20-14-. The van der Waals surface area contributed by atoms with E-state index in [1.807, 2.05) is 19.1 Å². The zero-order chi connectivity index (χ0) is 18.9. The van der Waals surface area contributed by atoms with Crippen molar-refractivity contribution in [2.45, 2.75) is 25.7 Å². The molecule has 1 heterocycles. The van der Waals surface area contributed by atoms with Crippen molar-refractivity contribution in [1.29, 1.82) is 0 Å². The molecule has 0 aliphatic rings. The van der Waals surface area contributed by atoms with Crippen LogP contribution >= 0.6 is 0 Å². The van der Waals surface area contributed by atoms with Crippen LogP contribution in [0, 0.1) is 13.8 Å². The van der Waals surface area contributed by atoms with Crippen LogP contribution in [-0.2, 0) is 10.0 Å². The number of nitrogens with one attached hydrogen (secondary N) is 1. The Labute approximate surface area is 151 Å². The molecule has 2 aromatic carbocycles. The maximum absolute atomic E-state index is 12.5. The van der Waals surface area contributed by atoms with E-state index in [-0.39, 0.29) is 16.2 Å². The third-order valence-electron chi connectivity index (χ3n) is 4.00. The summed E-state index contributed by atoms with van der Waals surface area (Å²) in [6.07, 6.45) is 0. The Morgan fingerprint density at radius 2 is 1.81 bits per heavy atom. The molecular formula is C19H18N2O4S. The number of hydrogen-bond donors (Lipinski definition) is 1. The molecule has 134 valence electrons. The number of hydrazone groups is 1. The molecule has 0 fully saturated rings. The fourth-order valence-corrected chi connectivity index (χ4v) is 3.74. The van der Waals surface area contributed by atoms with Crippen molar-refractivity contribution in [3.8, 4) is 0 Å². The highest BCUT2D eigenvalue weighted by Crippen LogP contribution is 2.17. The van der Waals surface area contributed by atoms with Gasteiger partial charge in [-0.15, -0.1) is 0 Å². The van der Waals surface area contributed by atoms with Crippen molar-refractivity contribution in [2.24, 2.45) is 5.10 Å². The van der Waals surface area contributed by atoms with Gasteiger partial charge in [0.25, 0.3) is 10.0 Å². The topological polar surface area (TPSA) is 88.7 Å². The molecule has 0 radical (unpaired) electrons. The van der Waals surface area contributed by atoms with Crippen LogP contribution in [-0.4, -0.2) is 14.1 Å². The average molecular weight is 370 g/mol. The van der Waals surface area contributed by atoms with E-state index in [1.54, 1.807) is 50.2 Å². The number of hydrogen-bond acceptors (Lipinski definition) is 5. The van der Waals surface area contributed by atoms with Gasteiger partial charge in [0, 0.05) is 5.39 Å². The molecule has 0 amide bonds. The average Bonchev–Trinajstić information content (AvgIpc) is 2.61. The summed E-state index contributed by atoms with van der Waals surface area (Å²) < 4.78 is 30.3. The van der Waals surface area contributed by atoms with Crippen LogP contribution in [0.1, 0.15) is 23.6 Å². The summed E-state index contributed by atoms with van der Waals surface area (Å²) in [7, 11) is -3.84. The van der Waals surface area contributed by atoms with Crippen LogP contribution in [0.25, 0.3) is 11.0 Å². The number of aryl methyl sites for hydroxylation is 2. The van der Waals surface area contributed by atoms with Crippen molar-refractivity contribution in [1.82, 2.24) is 4.83 Å². The molecule has 0 saturated heterocycles. The highest BCUT2D eigenvalue weighted by molar-refractivity contribution is 7.89. The van der Waals surface area contributed by atoms with Gasteiger partial charge in [-0.3, -0.25) is 0 Å². The summed E-state index contributed by atoms with van der Waals surface area (Å²) in [5.74, 6) is 0. The molecule has 3 rings (SSSR count). The van der Waals surface area contributed by atoms with Gasteiger partial charge < -0.3 is 4.42 Å². The molecule has 1 N–H and O–H groups in total. The van der Waals surface area contributed by atoms with E-state index in [0.29, 0.717) is 11.1 Å². The van der Waals surface area contributed by atoms with Gasteiger partial charge in [0.1, 0.15) is 5.58 Å². The molecular weight excluding hydrogens is 352 g/mol. The SMILES string of the molecule is C/C(=N/NS(=O)(=O)c1cc(C)ccc1C)c1cc2ccccc2oc1=O. The Hall–Kier alpha value is -2.93. The first-order chi connectivity index (χ1) is 12.3. The molecule has 1 aromatic heterocycles. The number of sulfonamides is 1. The molecule has 3 aromatic rings. The zero-order valence-electron chi connectivity index (χ0n) is 14.6. The lowest BCUT2D eigenvalue weighted by Crippen LogP contribution is -2.22. The summed E-state index contributed by atoms with van der Waals surface area (Å²) >= 11 is 0. The number of nitrogens with zero attached hydrogens (tertiary/aromatic N) is 1. The summed E-state index contributed by atoms with van der Waals surface area (Å²) in [5.41, 5.74) is 1.75. The Morgan fingerprint density at radius 3 is 2.58 bits per heavy atom. The molecule has 0 atom stereocenters. The van der Waals surface area contributed by atoms with Crippen molar-refractivity contribution >= 4 is 26.7 Å². The number of para-hydroxylation sites is 1. The highest BCUT2D eigenvalue weighted by Gasteiger charge is 2.17. The van der Waals surface area contributed by atoms with Gasteiger partial charge in [-0.25, -0.2) is 4.79 Å². The van der Waals surface area contributed by atoms with Gasteiger partial charge in [-0.2, -0.15) is 18.4 Å². The fourth-order valence-electron chi connectivity index (χ4n) is 2.55. The van der Waals surface area contributed by atoms with Gasteiger partial charge in [0.15, 0.2) is 0 Å². The van der Waals surface area contributed by atoms with Gasteiger partial charge in [0.2, 0.25) is 0 Å². The molecule has 0 unspecified atom stereocenters. The third kappa shape index (κ3) is 3.52. The molecule has 0 saturated carbocycles. The molecule has 0 aliphatic heterocycles. The van der Waals surface area contributed by atoms with E-state index in [0.717, 1.165) is 10.9 Å². The minimum absolute atomic E-state index is 0.152. The number of rotatable bonds is 4. The summed E-state index contributed by atoms with van der Waals surface area (Å²) in [5, 5.41) is 4.63. The van der Waals surface area contributed by atoms with Gasteiger partial charge in [0.05, 0.1) is 16.2 Å². The first-order valence-electron chi connectivity index (χ1n) is 7.94. The fraction of sp³-hybridized carbons (Fsp3) is 0.158.